The number of aromatic nitrogens is 1. The highest BCUT2D eigenvalue weighted by Crippen LogP contribution is 2.38. The van der Waals surface area contributed by atoms with Crippen molar-refractivity contribution in [2.24, 2.45) is 0 Å². The molecule has 0 bridgehead atoms. The normalized spacial score (nSPS) is 10.5. The van der Waals surface area contributed by atoms with E-state index in [9.17, 15) is 9.18 Å². The minimum Gasteiger partial charge on any atom is -0.478 e. The number of halogens is 4. The fraction of sp³-hybridized carbons (Fsp3) is 0. The van der Waals surface area contributed by atoms with E-state index < -0.39 is 11.9 Å². The highest BCUT2D eigenvalue weighted by molar-refractivity contribution is 6.49. The monoisotopic (exact) mass is 319 g/mol. The summed E-state index contributed by atoms with van der Waals surface area (Å²) < 4.78 is 13.7. The number of pyridine rings is 1. The zero-order valence-electron chi connectivity index (χ0n) is 9.12. The average Bonchev–Trinajstić information content (AvgIpc) is 2.37. The summed E-state index contributed by atoms with van der Waals surface area (Å²) in [6, 6.07) is 4.02. The van der Waals surface area contributed by atoms with Crippen molar-refractivity contribution in [1.29, 1.82) is 0 Å². The molecule has 0 unspecified atom stereocenters. The molecule has 0 atom stereocenters. The van der Waals surface area contributed by atoms with Gasteiger partial charge in [-0.1, -0.05) is 40.9 Å². The van der Waals surface area contributed by atoms with E-state index >= 15 is 0 Å². The van der Waals surface area contributed by atoms with Crippen molar-refractivity contribution in [1.82, 2.24) is 4.98 Å². The number of rotatable bonds is 2. The third-order valence-corrected chi connectivity index (χ3v) is 3.70. The van der Waals surface area contributed by atoms with Gasteiger partial charge in [0.15, 0.2) is 0 Å². The van der Waals surface area contributed by atoms with Crippen molar-refractivity contribution in [2.75, 3.05) is 0 Å². The number of hydrogen-bond acceptors (Lipinski definition) is 2. The van der Waals surface area contributed by atoms with Crippen LogP contribution in [0, 0.1) is 5.95 Å². The number of hydrogen-bond donors (Lipinski definition) is 1. The van der Waals surface area contributed by atoms with Crippen molar-refractivity contribution < 1.29 is 14.3 Å². The molecule has 1 aromatic carbocycles. The van der Waals surface area contributed by atoms with Crippen LogP contribution in [0.15, 0.2) is 24.4 Å². The van der Waals surface area contributed by atoms with E-state index in [0.29, 0.717) is 0 Å². The lowest BCUT2D eigenvalue weighted by Gasteiger charge is -2.08. The molecular weight excluding hydrogens is 315 g/mol. The third kappa shape index (κ3) is 2.66. The largest absolute Gasteiger partial charge is 0.478 e. The molecule has 1 aromatic heterocycles. The molecule has 7 heteroatoms. The van der Waals surface area contributed by atoms with Crippen LogP contribution < -0.4 is 0 Å². The molecule has 3 nitrogen and oxygen atoms in total. The number of benzene rings is 1. The van der Waals surface area contributed by atoms with Crippen LogP contribution in [0.1, 0.15) is 10.4 Å². The van der Waals surface area contributed by atoms with Crippen molar-refractivity contribution in [3.8, 4) is 11.1 Å². The molecule has 19 heavy (non-hydrogen) atoms. The minimum absolute atomic E-state index is 0.0393. The molecule has 0 aliphatic heterocycles. The zero-order valence-corrected chi connectivity index (χ0v) is 11.4. The lowest BCUT2D eigenvalue weighted by molar-refractivity contribution is 0.0696. The van der Waals surface area contributed by atoms with Crippen molar-refractivity contribution >= 4 is 40.8 Å². The number of carboxylic acid groups (broad SMARTS) is 1. The molecule has 0 aliphatic carbocycles. The summed E-state index contributed by atoms with van der Waals surface area (Å²) in [5, 5.41) is 9.20. The van der Waals surface area contributed by atoms with Crippen LogP contribution in [0.25, 0.3) is 11.1 Å². The third-order valence-electron chi connectivity index (χ3n) is 2.41. The molecular formula is C12H5Cl3FNO2. The Morgan fingerprint density at radius 2 is 1.84 bits per heavy atom. The van der Waals surface area contributed by atoms with Gasteiger partial charge in [0.25, 0.3) is 0 Å². The highest BCUT2D eigenvalue weighted by Gasteiger charge is 2.16. The second-order valence-electron chi connectivity index (χ2n) is 3.59. The summed E-state index contributed by atoms with van der Waals surface area (Å²) in [5.74, 6) is -2.06. The molecule has 0 saturated heterocycles. The fourth-order valence-electron chi connectivity index (χ4n) is 1.49. The molecule has 1 heterocycles. The molecule has 0 saturated carbocycles. The molecule has 1 N–H and O–H groups in total. The second kappa shape index (κ2) is 5.33. The summed E-state index contributed by atoms with van der Waals surface area (Å²) in [6.07, 6.45) is 0.923. The minimum atomic E-state index is -1.22. The SMILES string of the molecule is O=C(O)c1cnc(F)c(-c2ccc(Cl)c(Cl)c2Cl)c1. The van der Waals surface area contributed by atoms with Crippen molar-refractivity contribution in [3.05, 3.63) is 51.0 Å². The van der Waals surface area contributed by atoms with Crippen LogP contribution in [0.3, 0.4) is 0 Å². The predicted octanol–water partition coefficient (Wildman–Crippen LogP) is 4.55. The van der Waals surface area contributed by atoms with Gasteiger partial charge in [-0.3, -0.25) is 0 Å². The number of carboxylic acids is 1. The predicted molar refractivity (Wildman–Crippen MR) is 71.6 cm³/mol. The summed E-state index contributed by atoms with van der Waals surface area (Å²) in [4.78, 5) is 14.2. The molecule has 0 fully saturated rings. The highest BCUT2D eigenvalue weighted by atomic mass is 35.5. The van der Waals surface area contributed by atoms with Gasteiger partial charge in [0, 0.05) is 17.3 Å². The van der Waals surface area contributed by atoms with Gasteiger partial charge in [-0.2, -0.15) is 4.39 Å². The van der Waals surface area contributed by atoms with E-state index in [1.807, 2.05) is 0 Å². The zero-order chi connectivity index (χ0) is 14.2. The number of carbonyl (C=O) groups is 1. The Labute approximate surface area is 122 Å². The van der Waals surface area contributed by atoms with E-state index in [-0.39, 0.29) is 31.8 Å². The van der Waals surface area contributed by atoms with Crippen LogP contribution in [0.5, 0.6) is 0 Å². The van der Waals surface area contributed by atoms with Gasteiger partial charge >= 0.3 is 5.97 Å². The van der Waals surface area contributed by atoms with Gasteiger partial charge in [0.1, 0.15) is 0 Å². The Kier molecular flexibility index (Phi) is 3.94. The maximum atomic E-state index is 13.7. The van der Waals surface area contributed by atoms with Gasteiger partial charge in [-0.25, -0.2) is 9.78 Å². The molecule has 0 spiro atoms. The van der Waals surface area contributed by atoms with Crippen LogP contribution in [-0.2, 0) is 0 Å². The van der Waals surface area contributed by atoms with E-state index in [2.05, 4.69) is 4.98 Å². The molecule has 98 valence electrons. The lowest BCUT2D eigenvalue weighted by atomic mass is 10.1. The molecule has 2 rings (SSSR count). The van der Waals surface area contributed by atoms with Gasteiger partial charge < -0.3 is 5.11 Å². The molecule has 0 radical (unpaired) electrons. The summed E-state index contributed by atoms with van der Waals surface area (Å²) >= 11 is 17.6. The van der Waals surface area contributed by atoms with E-state index in [4.69, 9.17) is 39.9 Å². The first kappa shape index (κ1) is 14.1. The van der Waals surface area contributed by atoms with Crippen molar-refractivity contribution in [2.45, 2.75) is 0 Å². The smallest absolute Gasteiger partial charge is 0.337 e. The van der Waals surface area contributed by atoms with Crippen LogP contribution in [0.4, 0.5) is 4.39 Å². The van der Waals surface area contributed by atoms with Crippen LogP contribution in [0.2, 0.25) is 15.1 Å². The van der Waals surface area contributed by atoms with Gasteiger partial charge in [-0.05, 0) is 12.1 Å². The summed E-state index contributed by atoms with van der Waals surface area (Å²) in [6.45, 7) is 0. The Morgan fingerprint density at radius 1 is 1.16 bits per heavy atom. The quantitative estimate of drug-likeness (QED) is 0.652. The van der Waals surface area contributed by atoms with Gasteiger partial charge in [0.2, 0.25) is 5.95 Å². The Balaban J connectivity index is 2.68. The van der Waals surface area contributed by atoms with Crippen LogP contribution in [-0.4, -0.2) is 16.1 Å². The first-order chi connectivity index (χ1) is 8.91. The van der Waals surface area contributed by atoms with E-state index in [1.54, 1.807) is 0 Å². The maximum absolute atomic E-state index is 13.7. The fourth-order valence-corrected chi connectivity index (χ4v) is 2.13. The number of aromatic carboxylic acids is 1. The Morgan fingerprint density at radius 3 is 2.47 bits per heavy atom. The summed E-state index contributed by atoms with van der Waals surface area (Å²) in [5.41, 5.74) is 0.0196. The lowest BCUT2D eigenvalue weighted by Crippen LogP contribution is -2.00. The van der Waals surface area contributed by atoms with E-state index in [1.165, 1.54) is 12.1 Å². The maximum Gasteiger partial charge on any atom is 0.337 e. The first-order valence-corrected chi connectivity index (χ1v) is 6.08. The second-order valence-corrected chi connectivity index (χ2v) is 4.75. The number of nitrogens with zero attached hydrogens (tertiary/aromatic N) is 1. The van der Waals surface area contributed by atoms with Crippen LogP contribution >= 0.6 is 34.8 Å². The molecule has 0 aliphatic rings. The standard InChI is InChI=1S/C12H5Cl3FNO2/c13-8-2-1-6(9(14)10(8)15)7-3-5(12(18)19)4-17-11(7)16/h1-4H,(H,18,19). The average molecular weight is 321 g/mol. The van der Waals surface area contributed by atoms with Gasteiger partial charge in [-0.15, -0.1) is 0 Å². The van der Waals surface area contributed by atoms with Crippen molar-refractivity contribution in [3.63, 3.8) is 0 Å². The Hall–Kier alpha value is -1.36. The molecule has 0 amide bonds. The Bertz CT molecular complexity index is 676. The molecule has 2 aromatic rings. The topological polar surface area (TPSA) is 50.2 Å². The van der Waals surface area contributed by atoms with E-state index in [0.717, 1.165) is 12.3 Å². The first-order valence-electron chi connectivity index (χ1n) is 4.94. The summed E-state index contributed by atoms with van der Waals surface area (Å²) in [7, 11) is 0. The van der Waals surface area contributed by atoms with Gasteiger partial charge in [0.05, 0.1) is 20.6 Å².